The maximum absolute atomic E-state index is 8.85. The number of benzene rings is 2. The molecule has 0 unspecified atom stereocenters. The van der Waals surface area contributed by atoms with E-state index in [0.717, 1.165) is 11.1 Å². The van der Waals surface area contributed by atoms with Crippen LogP contribution in [0.3, 0.4) is 0 Å². The Morgan fingerprint density at radius 1 is 1.12 bits per heavy atom. The van der Waals surface area contributed by atoms with Gasteiger partial charge >= 0.3 is 0 Å². The van der Waals surface area contributed by atoms with Crippen molar-refractivity contribution in [1.82, 2.24) is 0 Å². The molecule has 0 aliphatic carbocycles. The lowest BCUT2D eigenvalue weighted by Crippen LogP contribution is -1.92. The fourth-order valence-electron chi connectivity index (χ4n) is 1.68. The first-order valence-electron chi connectivity index (χ1n) is 5.18. The summed E-state index contributed by atoms with van der Waals surface area (Å²) < 4.78 is 5.10. The van der Waals surface area contributed by atoms with Gasteiger partial charge < -0.3 is 10.5 Å². The molecule has 0 saturated heterocycles. The second kappa shape index (κ2) is 4.58. The molecule has 0 radical (unpaired) electrons. The lowest BCUT2D eigenvalue weighted by molar-refractivity contribution is 0.417. The highest BCUT2D eigenvalue weighted by Gasteiger charge is 2.03. The standard InChI is InChI=1S/C14H12N2O/c1-17-14-6-5-12(8-13(14)16)11-4-2-3-10(7-11)9-15/h2-8H,16H2,1H3. The molecule has 0 saturated carbocycles. The van der Waals surface area contributed by atoms with Gasteiger partial charge in [-0.25, -0.2) is 0 Å². The van der Waals surface area contributed by atoms with Crippen LogP contribution in [0.15, 0.2) is 42.5 Å². The van der Waals surface area contributed by atoms with Gasteiger partial charge in [0.1, 0.15) is 5.75 Å². The Labute approximate surface area is 100 Å². The number of methoxy groups -OCH3 is 1. The van der Waals surface area contributed by atoms with E-state index in [0.29, 0.717) is 17.0 Å². The van der Waals surface area contributed by atoms with E-state index in [1.54, 1.807) is 13.2 Å². The Morgan fingerprint density at radius 3 is 2.53 bits per heavy atom. The number of ether oxygens (including phenoxy) is 1. The maximum atomic E-state index is 8.85. The van der Waals surface area contributed by atoms with Crippen LogP contribution in [0.5, 0.6) is 5.75 Å². The van der Waals surface area contributed by atoms with Crippen LogP contribution in [0.2, 0.25) is 0 Å². The van der Waals surface area contributed by atoms with Crippen molar-refractivity contribution in [2.45, 2.75) is 0 Å². The van der Waals surface area contributed by atoms with E-state index >= 15 is 0 Å². The zero-order valence-corrected chi connectivity index (χ0v) is 9.47. The van der Waals surface area contributed by atoms with Crippen molar-refractivity contribution in [3.05, 3.63) is 48.0 Å². The van der Waals surface area contributed by atoms with Gasteiger partial charge in [0.05, 0.1) is 24.4 Å². The van der Waals surface area contributed by atoms with Crippen molar-refractivity contribution in [1.29, 1.82) is 5.26 Å². The Balaban J connectivity index is 2.46. The molecule has 0 spiro atoms. The summed E-state index contributed by atoms with van der Waals surface area (Å²) in [5, 5.41) is 8.85. The third-order valence-electron chi connectivity index (χ3n) is 2.55. The van der Waals surface area contributed by atoms with Gasteiger partial charge in [-0.15, -0.1) is 0 Å². The topological polar surface area (TPSA) is 59.0 Å². The van der Waals surface area contributed by atoms with Gasteiger partial charge in [0.15, 0.2) is 0 Å². The number of anilines is 1. The molecule has 0 bridgehead atoms. The number of nitrogens with two attached hydrogens (primary N) is 1. The Kier molecular flexibility index (Phi) is 2.97. The van der Waals surface area contributed by atoms with Crippen LogP contribution in [0.1, 0.15) is 5.56 Å². The fourth-order valence-corrected chi connectivity index (χ4v) is 1.68. The largest absolute Gasteiger partial charge is 0.495 e. The molecular weight excluding hydrogens is 212 g/mol. The molecule has 3 heteroatoms. The van der Waals surface area contributed by atoms with Gasteiger partial charge in [0.2, 0.25) is 0 Å². The van der Waals surface area contributed by atoms with Crippen LogP contribution < -0.4 is 10.5 Å². The first-order chi connectivity index (χ1) is 8.24. The highest BCUT2D eigenvalue weighted by atomic mass is 16.5. The van der Waals surface area contributed by atoms with E-state index in [2.05, 4.69) is 6.07 Å². The Morgan fingerprint density at radius 2 is 1.88 bits per heavy atom. The average molecular weight is 224 g/mol. The summed E-state index contributed by atoms with van der Waals surface area (Å²) >= 11 is 0. The molecule has 2 aromatic carbocycles. The first-order valence-corrected chi connectivity index (χ1v) is 5.18. The van der Waals surface area contributed by atoms with Crippen molar-refractivity contribution in [3.8, 4) is 22.9 Å². The SMILES string of the molecule is COc1ccc(-c2cccc(C#N)c2)cc1N. The zero-order chi connectivity index (χ0) is 12.3. The number of rotatable bonds is 2. The minimum atomic E-state index is 0.590. The molecule has 2 aromatic rings. The number of nitrogens with zero attached hydrogens (tertiary/aromatic N) is 1. The predicted molar refractivity (Wildman–Crippen MR) is 67.6 cm³/mol. The molecule has 84 valence electrons. The molecule has 0 amide bonds. The molecular formula is C14H12N2O. The van der Waals surface area contributed by atoms with E-state index in [1.807, 2.05) is 36.4 Å². The molecule has 2 rings (SSSR count). The third kappa shape index (κ3) is 2.21. The monoisotopic (exact) mass is 224 g/mol. The van der Waals surface area contributed by atoms with Crippen molar-refractivity contribution in [2.75, 3.05) is 12.8 Å². The summed E-state index contributed by atoms with van der Waals surface area (Å²) in [7, 11) is 1.58. The summed E-state index contributed by atoms with van der Waals surface area (Å²) in [6.45, 7) is 0. The lowest BCUT2D eigenvalue weighted by Gasteiger charge is -2.07. The predicted octanol–water partition coefficient (Wildman–Crippen LogP) is 2.82. The first kappa shape index (κ1) is 11.0. The van der Waals surface area contributed by atoms with Gasteiger partial charge in [0, 0.05) is 0 Å². The van der Waals surface area contributed by atoms with Crippen LogP contribution in [-0.2, 0) is 0 Å². The summed E-state index contributed by atoms with van der Waals surface area (Å²) in [4.78, 5) is 0. The van der Waals surface area contributed by atoms with E-state index in [-0.39, 0.29) is 0 Å². The fraction of sp³-hybridized carbons (Fsp3) is 0.0714. The van der Waals surface area contributed by atoms with Gasteiger partial charge in [-0.3, -0.25) is 0 Å². The molecule has 2 N–H and O–H groups in total. The van der Waals surface area contributed by atoms with E-state index < -0.39 is 0 Å². The smallest absolute Gasteiger partial charge is 0.141 e. The van der Waals surface area contributed by atoms with E-state index in [1.165, 1.54) is 0 Å². The Bertz CT molecular complexity index is 585. The van der Waals surface area contributed by atoms with E-state index in [9.17, 15) is 0 Å². The van der Waals surface area contributed by atoms with Crippen LogP contribution in [0, 0.1) is 11.3 Å². The average Bonchev–Trinajstić information content (AvgIpc) is 2.38. The number of nitrogen functional groups attached to an aromatic ring is 1. The molecule has 0 aliphatic rings. The third-order valence-corrected chi connectivity index (χ3v) is 2.55. The van der Waals surface area contributed by atoms with Gasteiger partial charge in [-0.2, -0.15) is 5.26 Å². The van der Waals surface area contributed by atoms with Crippen LogP contribution in [0.4, 0.5) is 5.69 Å². The second-order valence-electron chi connectivity index (χ2n) is 3.65. The summed E-state index contributed by atoms with van der Waals surface area (Å²) in [6, 6.07) is 15.1. The summed E-state index contributed by atoms with van der Waals surface area (Å²) in [5.74, 6) is 0.658. The lowest BCUT2D eigenvalue weighted by atomic mass is 10.0. The second-order valence-corrected chi connectivity index (χ2v) is 3.65. The molecule has 0 aliphatic heterocycles. The zero-order valence-electron chi connectivity index (χ0n) is 9.47. The highest BCUT2D eigenvalue weighted by molar-refractivity contribution is 5.71. The minimum Gasteiger partial charge on any atom is -0.495 e. The van der Waals surface area contributed by atoms with Crippen LogP contribution >= 0.6 is 0 Å². The summed E-state index contributed by atoms with van der Waals surface area (Å²) in [5.41, 5.74) is 9.02. The van der Waals surface area contributed by atoms with Crippen LogP contribution in [0.25, 0.3) is 11.1 Å². The van der Waals surface area contributed by atoms with E-state index in [4.69, 9.17) is 15.7 Å². The highest BCUT2D eigenvalue weighted by Crippen LogP contribution is 2.28. The van der Waals surface area contributed by atoms with Gasteiger partial charge in [-0.1, -0.05) is 18.2 Å². The van der Waals surface area contributed by atoms with Crippen molar-refractivity contribution in [2.24, 2.45) is 0 Å². The molecule has 3 nitrogen and oxygen atoms in total. The van der Waals surface area contributed by atoms with Crippen molar-refractivity contribution in [3.63, 3.8) is 0 Å². The maximum Gasteiger partial charge on any atom is 0.141 e. The number of hydrogen-bond acceptors (Lipinski definition) is 3. The number of nitriles is 1. The van der Waals surface area contributed by atoms with Crippen molar-refractivity contribution < 1.29 is 4.74 Å². The van der Waals surface area contributed by atoms with Gasteiger partial charge in [0.25, 0.3) is 0 Å². The number of hydrogen-bond donors (Lipinski definition) is 1. The molecule has 0 fully saturated rings. The molecule has 0 aromatic heterocycles. The molecule has 0 atom stereocenters. The Hall–Kier alpha value is -2.47. The normalized spacial score (nSPS) is 9.65. The molecule has 0 heterocycles. The summed E-state index contributed by atoms with van der Waals surface area (Å²) in [6.07, 6.45) is 0. The van der Waals surface area contributed by atoms with Crippen LogP contribution in [-0.4, -0.2) is 7.11 Å². The van der Waals surface area contributed by atoms with Crippen molar-refractivity contribution >= 4 is 5.69 Å². The minimum absolute atomic E-state index is 0.590. The molecule has 17 heavy (non-hydrogen) atoms. The van der Waals surface area contributed by atoms with Gasteiger partial charge in [-0.05, 0) is 35.4 Å². The quantitative estimate of drug-likeness (QED) is 0.798.